The van der Waals surface area contributed by atoms with Gasteiger partial charge in [-0.05, 0) is 30.9 Å². The van der Waals surface area contributed by atoms with Gasteiger partial charge in [-0.2, -0.15) is 5.10 Å². The fourth-order valence-corrected chi connectivity index (χ4v) is 5.75. The molecule has 1 fully saturated rings. The van der Waals surface area contributed by atoms with E-state index >= 15 is 0 Å². The highest BCUT2D eigenvalue weighted by Crippen LogP contribution is 2.26. The molecule has 0 radical (unpaired) electrons. The quantitative estimate of drug-likeness (QED) is 0.815. The third kappa shape index (κ3) is 4.17. The average Bonchev–Trinajstić information content (AvgIpc) is 3.29. The van der Waals surface area contributed by atoms with Gasteiger partial charge in [0.1, 0.15) is 0 Å². The van der Waals surface area contributed by atoms with Crippen molar-refractivity contribution < 1.29 is 13.2 Å². The number of carbonyl (C=O) groups is 1. The zero-order valence-corrected chi connectivity index (χ0v) is 17.0. The molecule has 1 aliphatic rings. The first-order valence-corrected chi connectivity index (χ1v) is 11.6. The molecular weight excluding hydrogens is 370 g/mol. The summed E-state index contributed by atoms with van der Waals surface area (Å²) >= 11 is 1.70. The zero-order valence-electron chi connectivity index (χ0n) is 15.4. The van der Waals surface area contributed by atoms with E-state index in [9.17, 15) is 13.2 Å². The lowest BCUT2D eigenvalue weighted by Gasteiger charge is -2.07. The molecule has 26 heavy (non-hydrogen) atoms. The Morgan fingerprint density at radius 2 is 2.12 bits per heavy atom. The molecule has 0 unspecified atom stereocenters. The lowest BCUT2D eigenvalue weighted by Crippen LogP contribution is -2.23. The first-order valence-electron chi connectivity index (χ1n) is 8.94. The molecule has 1 N–H and O–H groups in total. The van der Waals surface area contributed by atoms with Crippen LogP contribution >= 0.6 is 11.3 Å². The molecule has 0 bridgehead atoms. The third-order valence-electron chi connectivity index (χ3n) is 4.62. The maximum Gasteiger partial charge on any atom is 0.255 e. The number of aromatic nitrogens is 2. The summed E-state index contributed by atoms with van der Waals surface area (Å²) in [6, 6.07) is 3.95. The van der Waals surface area contributed by atoms with E-state index < -0.39 is 9.84 Å². The molecule has 1 saturated heterocycles. The molecule has 8 heteroatoms. The van der Waals surface area contributed by atoms with Gasteiger partial charge in [0.05, 0.1) is 35.3 Å². The first-order chi connectivity index (χ1) is 12.3. The summed E-state index contributed by atoms with van der Waals surface area (Å²) in [5, 5.41) is 7.51. The average molecular weight is 396 g/mol. The van der Waals surface area contributed by atoms with Crippen LogP contribution in [-0.4, -0.2) is 35.6 Å². The van der Waals surface area contributed by atoms with Gasteiger partial charge in [-0.15, -0.1) is 11.3 Å². The Morgan fingerprint density at radius 3 is 2.69 bits per heavy atom. The van der Waals surface area contributed by atoms with Gasteiger partial charge >= 0.3 is 0 Å². The molecule has 3 heterocycles. The molecule has 0 aromatic carbocycles. The van der Waals surface area contributed by atoms with E-state index in [1.54, 1.807) is 22.2 Å². The fourth-order valence-electron chi connectivity index (χ4n) is 3.15. The highest BCUT2D eigenvalue weighted by Gasteiger charge is 2.31. The van der Waals surface area contributed by atoms with Crippen molar-refractivity contribution in [3.05, 3.63) is 39.3 Å². The van der Waals surface area contributed by atoms with Crippen molar-refractivity contribution in [3.8, 4) is 0 Å². The van der Waals surface area contributed by atoms with Gasteiger partial charge in [0.25, 0.3) is 5.91 Å². The van der Waals surface area contributed by atoms with Crippen LogP contribution in [0.25, 0.3) is 0 Å². The maximum absolute atomic E-state index is 12.7. The summed E-state index contributed by atoms with van der Waals surface area (Å²) < 4.78 is 25.2. The molecule has 6 nitrogen and oxygen atoms in total. The van der Waals surface area contributed by atoms with Crippen LogP contribution in [0, 0.1) is 0 Å². The molecule has 3 rings (SSSR count). The van der Waals surface area contributed by atoms with Gasteiger partial charge in [0.15, 0.2) is 9.84 Å². The number of aryl methyl sites for hydroxylation is 1. The van der Waals surface area contributed by atoms with Crippen LogP contribution in [0.5, 0.6) is 0 Å². The number of sulfone groups is 1. The molecule has 0 spiro atoms. The van der Waals surface area contributed by atoms with E-state index in [4.69, 9.17) is 0 Å². The number of amides is 1. The Morgan fingerprint density at radius 1 is 1.38 bits per heavy atom. The van der Waals surface area contributed by atoms with E-state index in [1.807, 2.05) is 19.9 Å². The third-order valence-corrected chi connectivity index (χ3v) is 7.60. The summed E-state index contributed by atoms with van der Waals surface area (Å²) in [4.78, 5) is 15.1. The molecule has 2 aromatic rings. The zero-order chi connectivity index (χ0) is 18.9. The van der Waals surface area contributed by atoms with Crippen LogP contribution in [0.15, 0.2) is 18.3 Å². The van der Waals surface area contributed by atoms with Crippen LogP contribution in [0.4, 0.5) is 0 Å². The summed E-state index contributed by atoms with van der Waals surface area (Å²) in [5.74, 6) is 0.215. The second-order valence-electron chi connectivity index (χ2n) is 7.02. The molecule has 142 valence electrons. The summed E-state index contributed by atoms with van der Waals surface area (Å²) in [6.07, 6.45) is 3.26. The van der Waals surface area contributed by atoms with Crippen molar-refractivity contribution in [2.24, 2.45) is 0 Å². The number of thiophene rings is 1. The van der Waals surface area contributed by atoms with Crippen LogP contribution in [0.3, 0.4) is 0 Å². The summed E-state index contributed by atoms with van der Waals surface area (Å²) in [5.41, 5.74) is 1.25. The highest BCUT2D eigenvalue weighted by atomic mass is 32.2. The van der Waals surface area contributed by atoms with Crippen LogP contribution in [0.2, 0.25) is 0 Å². The van der Waals surface area contributed by atoms with Crippen molar-refractivity contribution in [2.75, 3.05) is 11.5 Å². The van der Waals surface area contributed by atoms with Gasteiger partial charge < -0.3 is 5.32 Å². The molecule has 0 aliphatic carbocycles. The maximum atomic E-state index is 12.7. The van der Waals surface area contributed by atoms with Crippen molar-refractivity contribution in [1.29, 1.82) is 0 Å². The number of hydrogen-bond acceptors (Lipinski definition) is 5. The van der Waals surface area contributed by atoms with E-state index in [1.165, 1.54) is 4.88 Å². The van der Waals surface area contributed by atoms with Gasteiger partial charge in [0, 0.05) is 16.0 Å². The molecule has 2 aromatic heterocycles. The number of nitrogens with one attached hydrogen (secondary N) is 1. The standard InChI is InChI=1S/C18H25N3O3S2/c1-4-14-5-6-15(25-14)9-19-18(22)16-10-21(20-17(16)12(2)3)13-7-8-26(23,24)11-13/h5-6,10,12-13H,4,7-9,11H2,1-3H3,(H,19,22)/t13-/m1/s1. The normalized spacial score (nSPS) is 19.2. The minimum atomic E-state index is -2.99. The topological polar surface area (TPSA) is 81.1 Å². The monoisotopic (exact) mass is 395 g/mol. The van der Waals surface area contributed by atoms with Crippen LogP contribution < -0.4 is 5.32 Å². The van der Waals surface area contributed by atoms with Crippen molar-refractivity contribution >= 4 is 27.1 Å². The number of carbonyl (C=O) groups excluding carboxylic acids is 1. The van der Waals surface area contributed by atoms with Crippen LogP contribution in [0.1, 0.15) is 65.0 Å². The molecule has 1 aliphatic heterocycles. The lowest BCUT2D eigenvalue weighted by molar-refractivity contribution is 0.0950. The predicted octanol–water partition coefficient (Wildman–Crippen LogP) is 2.92. The van der Waals surface area contributed by atoms with Crippen LogP contribution in [-0.2, 0) is 22.8 Å². The number of hydrogen-bond donors (Lipinski definition) is 1. The Hall–Kier alpha value is -1.67. The second kappa shape index (κ2) is 7.52. The molecular formula is C18H25N3O3S2. The largest absolute Gasteiger partial charge is 0.347 e. The van der Waals surface area contributed by atoms with Crippen molar-refractivity contribution in [2.45, 2.75) is 52.1 Å². The van der Waals surface area contributed by atoms with Gasteiger partial charge in [-0.1, -0.05) is 20.8 Å². The van der Waals surface area contributed by atoms with Gasteiger partial charge in [0.2, 0.25) is 0 Å². The Bertz CT molecular complexity index is 897. The minimum absolute atomic E-state index is 0.0865. The van der Waals surface area contributed by atoms with E-state index in [2.05, 4.69) is 23.4 Å². The fraction of sp³-hybridized carbons (Fsp3) is 0.556. The number of nitrogens with zero attached hydrogens (tertiary/aromatic N) is 2. The van der Waals surface area contributed by atoms with E-state index in [-0.39, 0.29) is 29.4 Å². The summed E-state index contributed by atoms with van der Waals surface area (Å²) in [6.45, 7) is 6.58. The first kappa shape index (κ1) is 19.1. The molecule has 1 amide bonds. The summed E-state index contributed by atoms with van der Waals surface area (Å²) in [7, 11) is -2.99. The van der Waals surface area contributed by atoms with Crippen molar-refractivity contribution in [3.63, 3.8) is 0 Å². The Kier molecular flexibility index (Phi) is 5.53. The lowest BCUT2D eigenvalue weighted by atomic mass is 10.1. The molecule has 1 atom stereocenters. The van der Waals surface area contributed by atoms with Gasteiger partial charge in [-0.25, -0.2) is 8.42 Å². The van der Waals surface area contributed by atoms with E-state index in [0.717, 1.165) is 11.3 Å². The molecule has 0 saturated carbocycles. The highest BCUT2D eigenvalue weighted by molar-refractivity contribution is 7.91. The van der Waals surface area contributed by atoms with Gasteiger partial charge in [-0.3, -0.25) is 9.48 Å². The SMILES string of the molecule is CCc1ccc(CNC(=O)c2cn([C@@H]3CCS(=O)(=O)C3)nc2C(C)C)s1. The predicted molar refractivity (Wildman–Crippen MR) is 103 cm³/mol. The minimum Gasteiger partial charge on any atom is -0.347 e. The van der Waals surface area contributed by atoms with Crippen molar-refractivity contribution in [1.82, 2.24) is 15.1 Å². The second-order valence-corrected chi connectivity index (χ2v) is 10.5. The Labute approximate surface area is 158 Å². The van der Waals surface area contributed by atoms with E-state index in [0.29, 0.717) is 24.2 Å². The smallest absolute Gasteiger partial charge is 0.255 e. The number of rotatable bonds is 6. The Balaban J connectivity index is 1.76.